The third kappa shape index (κ3) is 3.20. The second kappa shape index (κ2) is 7.29. The third-order valence-electron chi connectivity index (χ3n) is 5.43. The second-order valence-corrected chi connectivity index (χ2v) is 7.41. The highest BCUT2D eigenvalue weighted by atomic mass is 19.1. The first-order chi connectivity index (χ1) is 14.6. The van der Waals surface area contributed by atoms with Crippen molar-refractivity contribution in [3.63, 3.8) is 0 Å². The number of benzene rings is 1. The number of carbonyl (C=O) groups excluding carboxylic acids is 1. The minimum absolute atomic E-state index is 0.00510. The third-order valence-corrected chi connectivity index (χ3v) is 5.43. The molecule has 30 heavy (non-hydrogen) atoms. The van der Waals surface area contributed by atoms with Crippen molar-refractivity contribution in [2.24, 2.45) is 0 Å². The summed E-state index contributed by atoms with van der Waals surface area (Å²) >= 11 is 0. The Morgan fingerprint density at radius 1 is 1.27 bits per heavy atom. The molecule has 0 spiro atoms. The number of urea groups is 1. The van der Waals surface area contributed by atoms with Gasteiger partial charge in [0.05, 0.1) is 12.3 Å². The summed E-state index contributed by atoms with van der Waals surface area (Å²) in [5, 5.41) is 2.79. The van der Waals surface area contributed by atoms with Crippen molar-refractivity contribution in [3.05, 3.63) is 66.3 Å². The number of pyridine rings is 1. The molecule has 152 valence electrons. The molecule has 2 amide bonds. The molecule has 0 aliphatic carbocycles. The summed E-state index contributed by atoms with van der Waals surface area (Å²) in [6.45, 7) is 2.76. The number of imidazole rings is 1. The van der Waals surface area contributed by atoms with Gasteiger partial charge in [0.15, 0.2) is 17.2 Å². The van der Waals surface area contributed by atoms with Crippen LogP contribution in [0.15, 0.2) is 59.3 Å². The van der Waals surface area contributed by atoms with E-state index in [0.29, 0.717) is 35.9 Å². The SMILES string of the molecule is Cc1ccc(NC(=O)N2CCC(n3c(-c4ccco4)nc4cccnc43)C2)cc1F. The number of aryl methyl sites for hydroxylation is 1. The Kier molecular flexibility index (Phi) is 4.46. The number of hydrogen-bond donors (Lipinski definition) is 1. The summed E-state index contributed by atoms with van der Waals surface area (Å²) in [6, 6.07) is 11.9. The van der Waals surface area contributed by atoms with Crippen LogP contribution in [0.1, 0.15) is 18.0 Å². The lowest BCUT2D eigenvalue weighted by atomic mass is 10.2. The zero-order valence-electron chi connectivity index (χ0n) is 16.4. The molecule has 0 radical (unpaired) electrons. The fourth-order valence-corrected chi connectivity index (χ4v) is 3.87. The van der Waals surface area contributed by atoms with Gasteiger partial charge in [0.1, 0.15) is 11.3 Å². The second-order valence-electron chi connectivity index (χ2n) is 7.41. The highest BCUT2D eigenvalue weighted by Crippen LogP contribution is 2.32. The summed E-state index contributed by atoms with van der Waals surface area (Å²) in [5.74, 6) is 1.01. The van der Waals surface area contributed by atoms with Crippen LogP contribution in [0.3, 0.4) is 0 Å². The number of likely N-dealkylation sites (tertiary alicyclic amines) is 1. The largest absolute Gasteiger partial charge is 0.461 e. The summed E-state index contributed by atoms with van der Waals surface area (Å²) in [5.41, 5.74) is 2.52. The molecule has 3 aromatic heterocycles. The standard InChI is InChI=1S/C22H20FN5O2/c1-14-6-7-15(12-17(14)23)25-22(29)27-10-8-16(13-27)28-20-18(4-2-9-24-20)26-21(28)19-5-3-11-30-19/h2-7,9,11-12,16H,8,10,13H2,1H3,(H,25,29). The van der Waals surface area contributed by atoms with Crippen LogP contribution in [0.4, 0.5) is 14.9 Å². The number of hydrogen-bond acceptors (Lipinski definition) is 4. The van der Waals surface area contributed by atoms with Gasteiger partial charge in [-0.1, -0.05) is 6.07 Å². The van der Waals surface area contributed by atoms with E-state index < -0.39 is 0 Å². The van der Waals surface area contributed by atoms with Gasteiger partial charge in [-0.25, -0.2) is 19.2 Å². The molecule has 1 N–H and O–H groups in total. The monoisotopic (exact) mass is 405 g/mol. The number of carbonyl (C=O) groups is 1. The first-order valence-corrected chi connectivity index (χ1v) is 9.79. The van der Waals surface area contributed by atoms with Crippen molar-refractivity contribution >= 4 is 22.9 Å². The van der Waals surface area contributed by atoms with E-state index in [1.807, 2.05) is 28.8 Å². The normalized spacial score (nSPS) is 16.3. The zero-order valence-corrected chi connectivity index (χ0v) is 16.4. The lowest BCUT2D eigenvalue weighted by Gasteiger charge is -2.19. The molecule has 0 saturated carbocycles. The first-order valence-electron chi connectivity index (χ1n) is 9.79. The van der Waals surface area contributed by atoms with Crippen LogP contribution in [0.2, 0.25) is 0 Å². The molecule has 1 saturated heterocycles. The summed E-state index contributed by atoms with van der Waals surface area (Å²) in [7, 11) is 0. The van der Waals surface area contributed by atoms with Crippen LogP contribution < -0.4 is 5.32 Å². The van der Waals surface area contributed by atoms with Gasteiger partial charge in [0.25, 0.3) is 0 Å². The molecule has 1 unspecified atom stereocenters. The van der Waals surface area contributed by atoms with Crippen molar-refractivity contribution < 1.29 is 13.6 Å². The van der Waals surface area contributed by atoms with Crippen LogP contribution in [0, 0.1) is 12.7 Å². The van der Waals surface area contributed by atoms with E-state index in [9.17, 15) is 9.18 Å². The lowest BCUT2D eigenvalue weighted by Crippen LogP contribution is -2.33. The van der Waals surface area contributed by atoms with E-state index in [1.165, 1.54) is 6.07 Å². The molecule has 1 atom stereocenters. The Hall–Kier alpha value is -3.68. The number of rotatable bonds is 3. The molecule has 1 aromatic carbocycles. The van der Waals surface area contributed by atoms with Crippen molar-refractivity contribution in [2.45, 2.75) is 19.4 Å². The Morgan fingerprint density at radius 3 is 2.97 bits per heavy atom. The number of aromatic nitrogens is 3. The number of nitrogens with one attached hydrogen (secondary N) is 1. The summed E-state index contributed by atoms with van der Waals surface area (Å²) in [4.78, 5) is 23.7. The van der Waals surface area contributed by atoms with E-state index in [0.717, 1.165) is 17.6 Å². The Bertz CT molecular complexity index is 1220. The number of halogens is 1. The van der Waals surface area contributed by atoms with Crippen LogP contribution in [0.5, 0.6) is 0 Å². The zero-order chi connectivity index (χ0) is 20.7. The quantitative estimate of drug-likeness (QED) is 0.540. The van der Waals surface area contributed by atoms with Crippen molar-refractivity contribution in [1.29, 1.82) is 0 Å². The Balaban J connectivity index is 1.40. The summed E-state index contributed by atoms with van der Waals surface area (Å²) < 4.78 is 21.4. The smallest absolute Gasteiger partial charge is 0.321 e. The highest BCUT2D eigenvalue weighted by molar-refractivity contribution is 5.89. The predicted molar refractivity (Wildman–Crippen MR) is 111 cm³/mol. The van der Waals surface area contributed by atoms with Gasteiger partial charge in [0, 0.05) is 25.0 Å². The maximum absolute atomic E-state index is 13.8. The molecule has 0 bridgehead atoms. The summed E-state index contributed by atoms with van der Waals surface area (Å²) in [6.07, 6.45) is 4.10. The van der Waals surface area contributed by atoms with Gasteiger partial charge in [0.2, 0.25) is 0 Å². The molecule has 5 rings (SSSR count). The molecule has 8 heteroatoms. The van der Waals surface area contributed by atoms with E-state index in [1.54, 1.807) is 36.4 Å². The van der Waals surface area contributed by atoms with Gasteiger partial charge in [-0.05, 0) is 55.3 Å². The fraction of sp³-hybridized carbons (Fsp3) is 0.227. The molecule has 7 nitrogen and oxygen atoms in total. The van der Waals surface area contributed by atoms with Gasteiger partial charge in [-0.3, -0.25) is 0 Å². The van der Waals surface area contributed by atoms with Crippen LogP contribution in [0.25, 0.3) is 22.7 Å². The number of amides is 2. The fourth-order valence-electron chi connectivity index (χ4n) is 3.87. The van der Waals surface area contributed by atoms with Gasteiger partial charge in [-0.15, -0.1) is 0 Å². The molecule has 1 fully saturated rings. The molecule has 1 aliphatic heterocycles. The van der Waals surface area contributed by atoms with E-state index in [-0.39, 0.29) is 17.9 Å². The Morgan fingerprint density at radius 2 is 2.17 bits per heavy atom. The number of nitrogens with zero attached hydrogens (tertiary/aromatic N) is 4. The van der Waals surface area contributed by atoms with Crippen LogP contribution in [-0.2, 0) is 0 Å². The van der Waals surface area contributed by atoms with Crippen molar-refractivity contribution in [2.75, 3.05) is 18.4 Å². The maximum Gasteiger partial charge on any atom is 0.321 e. The molecular weight excluding hydrogens is 385 g/mol. The predicted octanol–water partition coefficient (Wildman–Crippen LogP) is 4.62. The molecule has 1 aliphatic rings. The average molecular weight is 405 g/mol. The Labute approximate surface area is 172 Å². The van der Waals surface area contributed by atoms with Crippen molar-refractivity contribution in [1.82, 2.24) is 19.4 Å². The minimum Gasteiger partial charge on any atom is -0.461 e. The van der Waals surface area contributed by atoms with Crippen LogP contribution >= 0.6 is 0 Å². The van der Waals surface area contributed by atoms with E-state index in [4.69, 9.17) is 9.40 Å². The van der Waals surface area contributed by atoms with Crippen LogP contribution in [-0.4, -0.2) is 38.6 Å². The highest BCUT2D eigenvalue weighted by Gasteiger charge is 2.31. The molecule has 4 aromatic rings. The number of fused-ring (bicyclic) bond motifs is 1. The maximum atomic E-state index is 13.8. The van der Waals surface area contributed by atoms with Gasteiger partial charge in [-0.2, -0.15) is 0 Å². The topological polar surface area (TPSA) is 76.2 Å². The van der Waals surface area contributed by atoms with E-state index in [2.05, 4.69) is 10.3 Å². The lowest BCUT2D eigenvalue weighted by molar-refractivity contribution is 0.221. The number of furan rings is 1. The van der Waals surface area contributed by atoms with E-state index >= 15 is 0 Å². The van der Waals surface area contributed by atoms with Crippen molar-refractivity contribution in [3.8, 4) is 11.6 Å². The minimum atomic E-state index is -0.342. The average Bonchev–Trinajstić information content (AvgIpc) is 3.49. The first kappa shape index (κ1) is 18.4. The molecule has 4 heterocycles. The molecular formula is C22H20FN5O2. The van der Waals surface area contributed by atoms with Gasteiger partial charge >= 0.3 is 6.03 Å². The van der Waals surface area contributed by atoms with Gasteiger partial charge < -0.3 is 19.2 Å². The number of anilines is 1.